The highest BCUT2D eigenvalue weighted by Gasteiger charge is 2.43. The number of carbonyl (C=O) groups excluding carboxylic acids is 2. The molecule has 0 aliphatic heterocycles. The summed E-state index contributed by atoms with van der Waals surface area (Å²) in [5, 5.41) is 6.04. The lowest BCUT2D eigenvalue weighted by Gasteiger charge is -2.29. The normalized spacial score (nSPS) is 16.7. The maximum absolute atomic E-state index is 12.8. The van der Waals surface area contributed by atoms with Gasteiger partial charge >= 0.3 is 0 Å². The zero-order chi connectivity index (χ0) is 17.8. The van der Waals surface area contributed by atoms with Gasteiger partial charge in [-0.2, -0.15) is 0 Å². The largest absolute Gasteiger partial charge is 0.352 e. The van der Waals surface area contributed by atoms with Crippen LogP contribution in [0.3, 0.4) is 0 Å². The van der Waals surface area contributed by atoms with Crippen LogP contribution in [0.2, 0.25) is 0 Å². The van der Waals surface area contributed by atoms with E-state index in [1.54, 1.807) is 0 Å². The monoisotopic (exact) mass is 330 g/mol. The molecule has 1 aliphatic carbocycles. The van der Waals surface area contributed by atoms with Gasteiger partial charge in [-0.05, 0) is 46.1 Å². The summed E-state index contributed by atoms with van der Waals surface area (Å²) in [5.74, 6) is -0.0143. The molecular formula is C20H30N2O2. The molecule has 1 aromatic carbocycles. The molecule has 0 aromatic heterocycles. The average Bonchev–Trinajstić information content (AvgIpc) is 2.94. The number of amides is 2. The lowest BCUT2D eigenvalue weighted by Crippen LogP contribution is -2.46. The molecule has 0 atom stereocenters. The molecule has 2 N–H and O–H groups in total. The van der Waals surface area contributed by atoms with Crippen molar-refractivity contribution in [2.75, 3.05) is 0 Å². The standard InChI is InChI=1S/C20H30N2O2/c1-15-7-9-16(10-8-15)14-21-18(24)20(11-5-6-12-20)13-17(23)22-19(2,3)4/h7-10H,5-6,11-14H2,1-4H3,(H,21,24)(H,22,23). The van der Waals surface area contributed by atoms with Gasteiger partial charge in [0.25, 0.3) is 0 Å². The van der Waals surface area contributed by atoms with E-state index in [9.17, 15) is 9.59 Å². The fraction of sp³-hybridized carbons (Fsp3) is 0.600. The van der Waals surface area contributed by atoms with Gasteiger partial charge in [0.2, 0.25) is 11.8 Å². The minimum atomic E-state index is -0.542. The second kappa shape index (κ2) is 7.37. The molecule has 2 amide bonds. The van der Waals surface area contributed by atoms with Gasteiger partial charge in [-0.1, -0.05) is 42.7 Å². The van der Waals surface area contributed by atoms with E-state index in [0.717, 1.165) is 31.2 Å². The zero-order valence-corrected chi connectivity index (χ0v) is 15.4. The Morgan fingerprint density at radius 2 is 1.67 bits per heavy atom. The van der Waals surface area contributed by atoms with Gasteiger partial charge in [-0.3, -0.25) is 9.59 Å². The number of carbonyl (C=O) groups is 2. The van der Waals surface area contributed by atoms with E-state index in [2.05, 4.69) is 10.6 Å². The Bertz CT molecular complexity index is 579. The quantitative estimate of drug-likeness (QED) is 0.868. The molecule has 0 radical (unpaired) electrons. The third kappa shape index (κ3) is 5.08. The summed E-state index contributed by atoms with van der Waals surface area (Å²) in [5.41, 5.74) is 1.48. The predicted molar refractivity (Wildman–Crippen MR) is 96.4 cm³/mol. The Morgan fingerprint density at radius 1 is 1.08 bits per heavy atom. The maximum atomic E-state index is 12.8. The molecular weight excluding hydrogens is 300 g/mol. The molecule has 0 unspecified atom stereocenters. The van der Waals surface area contributed by atoms with Gasteiger partial charge < -0.3 is 10.6 Å². The molecule has 0 heterocycles. The van der Waals surface area contributed by atoms with Crippen molar-refractivity contribution in [2.45, 2.75) is 71.9 Å². The third-order valence-electron chi connectivity index (χ3n) is 4.63. The van der Waals surface area contributed by atoms with E-state index in [1.165, 1.54) is 5.56 Å². The number of aryl methyl sites for hydroxylation is 1. The Kier molecular flexibility index (Phi) is 5.68. The molecule has 0 bridgehead atoms. The van der Waals surface area contributed by atoms with Crippen LogP contribution in [0.5, 0.6) is 0 Å². The third-order valence-corrected chi connectivity index (χ3v) is 4.63. The second-order valence-corrected chi connectivity index (χ2v) is 8.13. The topological polar surface area (TPSA) is 58.2 Å². The van der Waals surface area contributed by atoms with Crippen LogP contribution in [0, 0.1) is 12.3 Å². The molecule has 1 aliphatic rings. The molecule has 1 saturated carbocycles. The highest BCUT2D eigenvalue weighted by Crippen LogP contribution is 2.41. The molecule has 2 rings (SSSR count). The molecule has 4 nitrogen and oxygen atoms in total. The average molecular weight is 330 g/mol. The Labute approximate surface area is 145 Å². The van der Waals surface area contributed by atoms with Gasteiger partial charge in [0.1, 0.15) is 0 Å². The number of hydrogen-bond acceptors (Lipinski definition) is 2. The molecule has 0 saturated heterocycles. The van der Waals surface area contributed by atoms with Crippen molar-refractivity contribution < 1.29 is 9.59 Å². The molecule has 1 aromatic rings. The summed E-state index contributed by atoms with van der Waals surface area (Å²) in [7, 11) is 0. The fourth-order valence-corrected chi connectivity index (χ4v) is 3.38. The van der Waals surface area contributed by atoms with E-state index < -0.39 is 5.41 Å². The van der Waals surface area contributed by atoms with E-state index in [-0.39, 0.29) is 23.8 Å². The first-order chi connectivity index (χ1) is 11.2. The highest BCUT2D eigenvalue weighted by molar-refractivity contribution is 5.89. The van der Waals surface area contributed by atoms with Crippen LogP contribution < -0.4 is 10.6 Å². The van der Waals surface area contributed by atoms with Crippen LogP contribution in [-0.2, 0) is 16.1 Å². The summed E-state index contributed by atoms with van der Waals surface area (Å²) < 4.78 is 0. The number of hydrogen-bond donors (Lipinski definition) is 2. The van der Waals surface area contributed by atoms with Crippen LogP contribution in [-0.4, -0.2) is 17.4 Å². The zero-order valence-electron chi connectivity index (χ0n) is 15.4. The number of benzene rings is 1. The smallest absolute Gasteiger partial charge is 0.227 e. The van der Waals surface area contributed by atoms with Crippen LogP contribution in [0.15, 0.2) is 24.3 Å². The molecule has 132 valence electrons. The lowest BCUT2D eigenvalue weighted by atomic mass is 9.81. The van der Waals surface area contributed by atoms with Crippen molar-refractivity contribution in [1.82, 2.24) is 10.6 Å². The van der Waals surface area contributed by atoms with Gasteiger partial charge in [0.15, 0.2) is 0 Å². The molecule has 4 heteroatoms. The first kappa shape index (κ1) is 18.5. The first-order valence-electron chi connectivity index (χ1n) is 8.85. The van der Waals surface area contributed by atoms with Crippen LogP contribution in [0.25, 0.3) is 0 Å². The lowest BCUT2D eigenvalue weighted by molar-refractivity contribution is -0.137. The second-order valence-electron chi connectivity index (χ2n) is 8.13. The minimum absolute atomic E-state index is 0.0182. The van der Waals surface area contributed by atoms with Crippen molar-refractivity contribution in [2.24, 2.45) is 5.41 Å². The summed E-state index contributed by atoms with van der Waals surface area (Å²) in [6.07, 6.45) is 3.90. The van der Waals surface area contributed by atoms with Crippen LogP contribution in [0.4, 0.5) is 0 Å². The van der Waals surface area contributed by atoms with E-state index in [1.807, 2.05) is 52.0 Å². The predicted octanol–water partition coefficient (Wildman–Crippen LogP) is 3.48. The minimum Gasteiger partial charge on any atom is -0.352 e. The van der Waals surface area contributed by atoms with Crippen molar-refractivity contribution in [3.63, 3.8) is 0 Å². The number of rotatable bonds is 5. The Hall–Kier alpha value is -1.84. The summed E-state index contributed by atoms with van der Waals surface area (Å²) >= 11 is 0. The summed E-state index contributed by atoms with van der Waals surface area (Å²) in [6.45, 7) is 8.45. The molecule has 0 spiro atoms. The number of nitrogens with one attached hydrogen (secondary N) is 2. The Balaban J connectivity index is 1.99. The van der Waals surface area contributed by atoms with Crippen molar-refractivity contribution in [1.29, 1.82) is 0 Å². The van der Waals surface area contributed by atoms with Crippen molar-refractivity contribution in [3.05, 3.63) is 35.4 Å². The van der Waals surface area contributed by atoms with Crippen molar-refractivity contribution >= 4 is 11.8 Å². The van der Waals surface area contributed by atoms with Crippen molar-refractivity contribution in [3.8, 4) is 0 Å². The summed E-state index contributed by atoms with van der Waals surface area (Å²) in [6, 6.07) is 8.15. The van der Waals surface area contributed by atoms with E-state index in [4.69, 9.17) is 0 Å². The van der Waals surface area contributed by atoms with E-state index >= 15 is 0 Å². The SMILES string of the molecule is Cc1ccc(CNC(=O)C2(CC(=O)NC(C)(C)C)CCCC2)cc1. The Morgan fingerprint density at radius 3 is 2.21 bits per heavy atom. The van der Waals surface area contributed by atoms with Crippen LogP contribution in [0.1, 0.15) is 64.0 Å². The molecule has 1 fully saturated rings. The van der Waals surface area contributed by atoms with Gasteiger partial charge in [0.05, 0.1) is 5.41 Å². The van der Waals surface area contributed by atoms with Gasteiger partial charge in [0, 0.05) is 18.5 Å². The maximum Gasteiger partial charge on any atom is 0.227 e. The van der Waals surface area contributed by atoms with Gasteiger partial charge in [-0.25, -0.2) is 0 Å². The van der Waals surface area contributed by atoms with E-state index in [0.29, 0.717) is 6.54 Å². The van der Waals surface area contributed by atoms with Crippen LogP contribution >= 0.6 is 0 Å². The first-order valence-corrected chi connectivity index (χ1v) is 8.85. The summed E-state index contributed by atoms with van der Waals surface area (Å²) in [4.78, 5) is 25.2. The molecule has 24 heavy (non-hydrogen) atoms. The highest BCUT2D eigenvalue weighted by atomic mass is 16.2. The van der Waals surface area contributed by atoms with Gasteiger partial charge in [-0.15, -0.1) is 0 Å². The fourth-order valence-electron chi connectivity index (χ4n) is 3.38.